The van der Waals surface area contributed by atoms with Gasteiger partial charge >= 0.3 is 5.97 Å². The van der Waals surface area contributed by atoms with Crippen LogP contribution in [0.1, 0.15) is 21.7 Å². The zero-order valence-corrected chi connectivity index (χ0v) is 11.1. The third kappa shape index (κ3) is 2.16. The van der Waals surface area contributed by atoms with Crippen LogP contribution in [-0.4, -0.2) is 20.6 Å². The third-order valence-electron chi connectivity index (χ3n) is 3.30. The molecule has 0 radical (unpaired) electrons. The van der Waals surface area contributed by atoms with Gasteiger partial charge in [-0.25, -0.2) is 4.79 Å². The molecule has 4 nitrogen and oxygen atoms in total. The SMILES string of the molecule is Cc1cccc(Cn2ccc3cccc(C(=O)O)c32)n1. The molecule has 4 heteroatoms. The molecular formula is C16H14N2O2. The van der Waals surface area contributed by atoms with Crippen LogP contribution in [0.3, 0.4) is 0 Å². The van der Waals surface area contributed by atoms with Crippen LogP contribution in [0.2, 0.25) is 0 Å². The highest BCUT2D eigenvalue weighted by Crippen LogP contribution is 2.21. The van der Waals surface area contributed by atoms with Crippen molar-refractivity contribution < 1.29 is 9.90 Å². The maximum atomic E-state index is 11.3. The highest BCUT2D eigenvalue weighted by molar-refractivity contribution is 6.02. The highest BCUT2D eigenvalue weighted by Gasteiger charge is 2.12. The Bertz CT molecular complexity index is 790. The number of aromatic nitrogens is 2. The number of carbonyl (C=O) groups is 1. The number of carboxylic acid groups (broad SMARTS) is 1. The van der Waals surface area contributed by atoms with Crippen molar-refractivity contribution in [3.8, 4) is 0 Å². The molecule has 20 heavy (non-hydrogen) atoms. The molecule has 3 aromatic rings. The molecule has 0 saturated carbocycles. The van der Waals surface area contributed by atoms with Crippen molar-refractivity contribution in [1.29, 1.82) is 0 Å². The van der Waals surface area contributed by atoms with E-state index in [1.54, 1.807) is 12.1 Å². The second-order valence-electron chi connectivity index (χ2n) is 4.76. The van der Waals surface area contributed by atoms with Gasteiger partial charge in [0.05, 0.1) is 23.3 Å². The van der Waals surface area contributed by atoms with Crippen LogP contribution in [0.4, 0.5) is 0 Å². The topological polar surface area (TPSA) is 55.1 Å². The van der Waals surface area contributed by atoms with E-state index in [0.717, 1.165) is 22.3 Å². The summed E-state index contributed by atoms with van der Waals surface area (Å²) < 4.78 is 1.93. The normalized spacial score (nSPS) is 10.8. The summed E-state index contributed by atoms with van der Waals surface area (Å²) in [5, 5.41) is 10.2. The first-order valence-electron chi connectivity index (χ1n) is 6.39. The van der Waals surface area contributed by atoms with E-state index in [0.29, 0.717) is 12.1 Å². The van der Waals surface area contributed by atoms with Gasteiger partial charge in [-0.2, -0.15) is 0 Å². The highest BCUT2D eigenvalue weighted by atomic mass is 16.4. The lowest BCUT2D eigenvalue weighted by Crippen LogP contribution is -2.05. The van der Waals surface area contributed by atoms with Crippen molar-refractivity contribution in [2.75, 3.05) is 0 Å². The number of hydrogen-bond acceptors (Lipinski definition) is 2. The zero-order valence-electron chi connectivity index (χ0n) is 11.1. The van der Waals surface area contributed by atoms with Gasteiger partial charge in [-0.1, -0.05) is 18.2 Å². The van der Waals surface area contributed by atoms with Crippen LogP contribution in [0, 0.1) is 6.92 Å². The minimum Gasteiger partial charge on any atom is -0.478 e. The average molecular weight is 266 g/mol. The molecule has 0 bridgehead atoms. The van der Waals surface area contributed by atoms with Gasteiger partial charge in [0.2, 0.25) is 0 Å². The Balaban J connectivity index is 2.10. The van der Waals surface area contributed by atoms with Gasteiger partial charge in [0.15, 0.2) is 0 Å². The number of rotatable bonds is 3. The Hall–Kier alpha value is -2.62. The van der Waals surface area contributed by atoms with Gasteiger partial charge in [0.25, 0.3) is 0 Å². The molecule has 3 rings (SSSR count). The lowest BCUT2D eigenvalue weighted by atomic mass is 10.1. The van der Waals surface area contributed by atoms with Crippen LogP contribution in [0.25, 0.3) is 10.9 Å². The lowest BCUT2D eigenvalue weighted by Gasteiger charge is -2.08. The monoisotopic (exact) mass is 266 g/mol. The van der Waals surface area contributed by atoms with Crippen molar-refractivity contribution in [1.82, 2.24) is 9.55 Å². The summed E-state index contributed by atoms with van der Waals surface area (Å²) in [6, 6.07) is 13.1. The first-order chi connectivity index (χ1) is 9.65. The standard InChI is InChI=1S/C16H14N2O2/c1-11-4-2-6-13(17-11)10-18-9-8-12-5-3-7-14(15(12)18)16(19)20/h2-9H,10H2,1H3,(H,19,20). The van der Waals surface area contributed by atoms with Gasteiger partial charge in [-0.3, -0.25) is 4.98 Å². The molecule has 100 valence electrons. The number of para-hydroxylation sites is 1. The number of aromatic carboxylic acids is 1. The molecule has 0 saturated heterocycles. The van der Waals surface area contributed by atoms with Crippen molar-refractivity contribution in [3.05, 3.63) is 65.6 Å². The molecule has 1 N–H and O–H groups in total. The van der Waals surface area contributed by atoms with E-state index in [4.69, 9.17) is 0 Å². The van der Waals surface area contributed by atoms with Crippen LogP contribution in [-0.2, 0) is 6.54 Å². The van der Waals surface area contributed by atoms with Gasteiger partial charge < -0.3 is 9.67 Å². The molecule has 0 atom stereocenters. The second-order valence-corrected chi connectivity index (χ2v) is 4.76. The van der Waals surface area contributed by atoms with E-state index in [-0.39, 0.29) is 0 Å². The van der Waals surface area contributed by atoms with Crippen LogP contribution in [0.5, 0.6) is 0 Å². The quantitative estimate of drug-likeness (QED) is 0.792. The summed E-state index contributed by atoms with van der Waals surface area (Å²) in [6.45, 7) is 2.51. The Morgan fingerprint density at radius 2 is 2.00 bits per heavy atom. The Morgan fingerprint density at radius 3 is 2.75 bits per heavy atom. The largest absolute Gasteiger partial charge is 0.478 e. The van der Waals surface area contributed by atoms with Gasteiger partial charge in [-0.05, 0) is 31.2 Å². The minimum atomic E-state index is -0.909. The molecule has 0 aliphatic rings. The predicted molar refractivity (Wildman–Crippen MR) is 77.0 cm³/mol. The number of aryl methyl sites for hydroxylation is 1. The Kier molecular flexibility index (Phi) is 2.99. The molecule has 0 fully saturated rings. The molecular weight excluding hydrogens is 252 g/mol. The zero-order chi connectivity index (χ0) is 14.1. The van der Waals surface area contributed by atoms with Crippen molar-refractivity contribution in [3.63, 3.8) is 0 Å². The van der Waals surface area contributed by atoms with Gasteiger partial charge in [0.1, 0.15) is 0 Å². The van der Waals surface area contributed by atoms with Crippen LogP contribution < -0.4 is 0 Å². The van der Waals surface area contributed by atoms with E-state index in [9.17, 15) is 9.90 Å². The second kappa shape index (κ2) is 4.81. The number of carboxylic acids is 1. The first-order valence-corrected chi connectivity index (χ1v) is 6.39. The van der Waals surface area contributed by atoms with E-state index in [2.05, 4.69) is 4.98 Å². The number of benzene rings is 1. The van der Waals surface area contributed by atoms with Crippen molar-refractivity contribution >= 4 is 16.9 Å². The summed E-state index contributed by atoms with van der Waals surface area (Å²) >= 11 is 0. The summed E-state index contributed by atoms with van der Waals surface area (Å²) in [7, 11) is 0. The summed E-state index contributed by atoms with van der Waals surface area (Å²) in [5.41, 5.74) is 2.93. The molecule has 0 aliphatic carbocycles. The molecule has 0 unspecified atom stereocenters. The minimum absolute atomic E-state index is 0.320. The van der Waals surface area contributed by atoms with Gasteiger partial charge in [-0.15, -0.1) is 0 Å². The fraction of sp³-hybridized carbons (Fsp3) is 0.125. The van der Waals surface area contributed by atoms with E-state index in [1.165, 1.54) is 0 Å². The molecule has 0 spiro atoms. The van der Waals surface area contributed by atoms with Crippen LogP contribution >= 0.6 is 0 Å². The Morgan fingerprint density at radius 1 is 1.20 bits per heavy atom. The summed E-state index contributed by atoms with van der Waals surface area (Å²) in [5.74, 6) is -0.909. The molecule has 1 aromatic carbocycles. The average Bonchev–Trinajstić information content (AvgIpc) is 2.82. The number of fused-ring (bicyclic) bond motifs is 1. The van der Waals surface area contributed by atoms with Crippen molar-refractivity contribution in [2.45, 2.75) is 13.5 Å². The van der Waals surface area contributed by atoms with Crippen LogP contribution in [0.15, 0.2) is 48.7 Å². The first kappa shape index (κ1) is 12.4. The third-order valence-corrected chi connectivity index (χ3v) is 3.30. The summed E-state index contributed by atoms with van der Waals surface area (Å²) in [4.78, 5) is 15.8. The predicted octanol–water partition coefficient (Wildman–Crippen LogP) is 3.09. The lowest BCUT2D eigenvalue weighted by molar-refractivity contribution is 0.0698. The van der Waals surface area contributed by atoms with Crippen molar-refractivity contribution in [2.24, 2.45) is 0 Å². The molecule has 0 aliphatic heterocycles. The number of hydrogen-bond donors (Lipinski definition) is 1. The van der Waals surface area contributed by atoms with E-state index < -0.39 is 5.97 Å². The summed E-state index contributed by atoms with van der Waals surface area (Å²) in [6.07, 6.45) is 1.90. The van der Waals surface area contributed by atoms with Gasteiger partial charge in [0, 0.05) is 17.3 Å². The van der Waals surface area contributed by atoms with E-state index in [1.807, 2.05) is 48.0 Å². The maximum Gasteiger partial charge on any atom is 0.337 e. The van der Waals surface area contributed by atoms with E-state index >= 15 is 0 Å². The smallest absolute Gasteiger partial charge is 0.337 e. The maximum absolute atomic E-state index is 11.3. The number of nitrogens with zero attached hydrogens (tertiary/aromatic N) is 2. The molecule has 0 amide bonds. The number of pyridine rings is 1. The molecule has 2 aromatic heterocycles. The molecule has 2 heterocycles. The fourth-order valence-electron chi connectivity index (χ4n) is 2.43. The Labute approximate surface area is 116 Å². The fourth-order valence-corrected chi connectivity index (χ4v) is 2.43.